The molecule has 138 valence electrons. The number of benzene rings is 1. The zero-order chi connectivity index (χ0) is 17.8. The van der Waals surface area contributed by atoms with Crippen LogP contribution in [-0.2, 0) is 16.0 Å². The Morgan fingerprint density at radius 2 is 1.92 bits per heavy atom. The van der Waals surface area contributed by atoms with Gasteiger partial charge in [0.15, 0.2) is 5.79 Å². The minimum Gasteiger partial charge on any atom is -0.496 e. The van der Waals surface area contributed by atoms with E-state index >= 15 is 0 Å². The van der Waals surface area contributed by atoms with Crippen molar-refractivity contribution in [2.24, 2.45) is 0 Å². The molecule has 0 amide bonds. The fourth-order valence-corrected chi connectivity index (χ4v) is 3.51. The third-order valence-corrected chi connectivity index (χ3v) is 4.97. The van der Waals surface area contributed by atoms with E-state index in [9.17, 15) is 0 Å². The van der Waals surface area contributed by atoms with Crippen LogP contribution in [0.3, 0.4) is 0 Å². The first-order valence-electron chi connectivity index (χ1n) is 8.99. The molecule has 3 heterocycles. The van der Waals surface area contributed by atoms with Crippen LogP contribution in [0, 0.1) is 0 Å². The highest BCUT2D eigenvalue weighted by atomic mass is 16.7. The molecule has 2 saturated heterocycles. The van der Waals surface area contributed by atoms with E-state index in [0.717, 1.165) is 48.9 Å². The zero-order valence-corrected chi connectivity index (χ0v) is 15.0. The maximum Gasteiger partial charge on any atom is 0.171 e. The molecule has 4 rings (SSSR count). The van der Waals surface area contributed by atoms with Gasteiger partial charge in [0.25, 0.3) is 0 Å². The van der Waals surface area contributed by atoms with Gasteiger partial charge in [0.1, 0.15) is 23.7 Å². The monoisotopic (exact) mass is 356 g/mol. The van der Waals surface area contributed by atoms with Gasteiger partial charge in [0.05, 0.1) is 20.3 Å². The predicted octanol–water partition coefficient (Wildman–Crippen LogP) is 2.44. The first kappa shape index (κ1) is 17.1. The fourth-order valence-electron chi connectivity index (χ4n) is 3.51. The Morgan fingerprint density at radius 1 is 1.15 bits per heavy atom. The molecule has 2 aliphatic rings. The normalized spacial score (nSPS) is 18.9. The molecule has 1 N–H and O–H groups in total. The summed E-state index contributed by atoms with van der Waals surface area (Å²) in [5.74, 6) is 2.23. The van der Waals surface area contributed by atoms with Gasteiger partial charge in [-0.2, -0.15) is 0 Å². The molecule has 0 radical (unpaired) electrons. The number of hydrogen-bond donors (Lipinski definition) is 1. The summed E-state index contributed by atoms with van der Waals surface area (Å²) in [5.41, 5.74) is 1.09. The van der Waals surface area contributed by atoms with Crippen LogP contribution >= 0.6 is 0 Å². The molecular weight excluding hydrogens is 332 g/mol. The van der Waals surface area contributed by atoms with Gasteiger partial charge < -0.3 is 24.4 Å². The molecule has 0 atom stereocenters. The van der Waals surface area contributed by atoms with E-state index in [1.54, 1.807) is 13.4 Å². The molecule has 26 heavy (non-hydrogen) atoms. The van der Waals surface area contributed by atoms with Crippen molar-refractivity contribution in [1.29, 1.82) is 0 Å². The third kappa shape index (κ3) is 3.59. The van der Waals surface area contributed by atoms with E-state index in [-0.39, 0.29) is 5.79 Å². The Bertz CT molecular complexity index is 739. The highest BCUT2D eigenvalue weighted by Gasteiger charge is 2.40. The van der Waals surface area contributed by atoms with Crippen molar-refractivity contribution >= 4 is 11.6 Å². The van der Waals surface area contributed by atoms with E-state index in [0.29, 0.717) is 19.8 Å². The largest absolute Gasteiger partial charge is 0.496 e. The van der Waals surface area contributed by atoms with Crippen molar-refractivity contribution < 1.29 is 14.2 Å². The molecule has 1 aromatic heterocycles. The first-order chi connectivity index (χ1) is 12.8. The smallest absolute Gasteiger partial charge is 0.171 e. The summed E-state index contributed by atoms with van der Waals surface area (Å²) >= 11 is 0. The SMILES string of the molecule is COc1ccccc1CNc1cc(N2CCC3(CC2)OCCO3)ncn1. The van der Waals surface area contributed by atoms with Gasteiger partial charge in [0, 0.05) is 44.1 Å². The van der Waals surface area contributed by atoms with Gasteiger partial charge >= 0.3 is 0 Å². The number of aromatic nitrogens is 2. The number of nitrogens with one attached hydrogen (secondary N) is 1. The molecule has 2 fully saturated rings. The average Bonchev–Trinajstić information content (AvgIpc) is 3.15. The number of anilines is 2. The van der Waals surface area contributed by atoms with Gasteiger partial charge in [-0.1, -0.05) is 18.2 Å². The van der Waals surface area contributed by atoms with Crippen molar-refractivity contribution in [3.63, 3.8) is 0 Å². The lowest BCUT2D eigenvalue weighted by Gasteiger charge is -2.38. The van der Waals surface area contributed by atoms with Crippen LogP contribution in [0.15, 0.2) is 36.7 Å². The molecule has 7 heteroatoms. The van der Waals surface area contributed by atoms with Gasteiger partial charge in [-0.05, 0) is 6.07 Å². The summed E-state index contributed by atoms with van der Waals surface area (Å²) in [6.07, 6.45) is 3.33. The summed E-state index contributed by atoms with van der Waals surface area (Å²) in [6.45, 7) is 3.77. The molecule has 0 unspecified atom stereocenters. The number of piperidine rings is 1. The quantitative estimate of drug-likeness (QED) is 0.882. The minimum absolute atomic E-state index is 0.367. The lowest BCUT2D eigenvalue weighted by atomic mass is 10.0. The second kappa shape index (κ2) is 7.47. The molecule has 1 spiro atoms. The average molecular weight is 356 g/mol. The molecular formula is C19H24N4O3. The van der Waals surface area contributed by atoms with E-state index in [4.69, 9.17) is 14.2 Å². The highest BCUT2D eigenvalue weighted by Crippen LogP contribution is 2.33. The van der Waals surface area contributed by atoms with E-state index in [2.05, 4.69) is 20.2 Å². The second-order valence-electron chi connectivity index (χ2n) is 6.52. The van der Waals surface area contributed by atoms with E-state index in [1.807, 2.05) is 30.3 Å². The van der Waals surface area contributed by atoms with E-state index < -0.39 is 0 Å². The van der Waals surface area contributed by atoms with Crippen molar-refractivity contribution in [1.82, 2.24) is 9.97 Å². The zero-order valence-electron chi connectivity index (χ0n) is 15.0. The van der Waals surface area contributed by atoms with Crippen molar-refractivity contribution in [3.8, 4) is 5.75 Å². The number of nitrogens with zero attached hydrogens (tertiary/aromatic N) is 3. The van der Waals surface area contributed by atoms with E-state index in [1.165, 1.54) is 0 Å². The molecule has 0 bridgehead atoms. The third-order valence-electron chi connectivity index (χ3n) is 4.97. The van der Waals surface area contributed by atoms with Gasteiger partial charge in [-0.3, -0.25) is 0 Å². The van der Waals surface area contributed by atoms with Crippen molar-refractivity contribution in [2.45, 2.75) is 25.2 Å². The van der Waals surface area contributed by atoms with Crippen molar-refractivity contribution in [3.05, 3.63) is 42.2 Å². The molecule has 2 aromatic rings. The Labute approximate surface area is 153 Å². The van der Waals surface area contributed by atoms with Crippen LogP contribution in [0.5, 0.6) is 5.75 Å². The number of rotatable bonds is 5. The topological polar surface area (TPSA) is 68.7 Å². The summed E-state index contributed by atoms with van der Waals surface area (Å²) in [5, 5.41) is 3.36. The second-order valence-corrected chi connectivity index (χ2v) is 6.52. The Morgan fingerprint density at radius 3 is 2.69 bits per heavy atom. The number of methoxy groups -OCH3 is 1. The Kier molecular flexibility index (Phi) is 4.90. The summed E-state index contributed by atoms with van der Waals surface area (Å²) < 4.78 is 17.0. The highest BCUT2D eigenvalue weighted by molar-refractivity contribution is 5.49. The van der Waals surface area contributed by atoms with Crippen LogP contribution in [0.1, 0.15) is 18.4 Å². The van der Waals surface area contributed by atoms with Gasteiger partial charge in [-0.25, -0.2) is 9.97 Å². The van der Waals surface area contributed by atoms with Crippen molar-refractivity contribution in [2.75, 3.05) is 43.6 Å². The molecule has 0 saturated carbocycles. The lowest BCUT2D eigenvalue weighted by molar-refractivity contribution is -0.169. The summed E-state index contributed by atoms with van der Waals surface area (Å²) in [6, 6.07) is 9.95. The van der Waals surface area contributed by atoms with Crippen LogP contribution in [0.4, 0.5) is 11.6 Å². The first-order valence-corrected chi connectivity index (χ1v) is 8.99. The summed E-state index contributed by atoms with van der Waals surface area (Å²) in [7, 11) is 1.68. The molecule has 0 aliphatic carbocycles. The summed E-state index contributed by atoms with van der Waals surface area (Å²) in [4.78, 5) is 11.0. The Hall–Kier alpha value is -2.38. The maximum atomic E-state index is 5.79. The number of ether oxygens (including phenoxy) is 3. The van der Waals surface area contributed by atoms with Gasteiger partial charge in [0.2, 0.25) is 0 Å². The number of hydrogen-bond acceptors (Lipinski definition) is 7. The molecule has 7 nitrogen and oxygen atoms in total. The van der Waals surface area contributed by atoms with Crippen LogP contribution in [0.2, 0.25) is 0 Å². The van der Waals surface area contributed by atoms with Crippen LogP contribution in [0.25, 0.3) is 0 Å². The molecule has 1 aromatic carbocycles. The van der Waals surface area contributed by atoms with Crippen LogP contribution < -0.4 is 15.0 Å². The lowest BCUT2D eigenvalue weighted by Crippen LogP contribution is -2.45. The minimum atomic E-state index is -0.367. The maximum absolute atomic E-state index is 5.79. The standard InChI is InChI=1S/C19H24N4O3/c1-24-16-5-3-2-4-15(16)13-20-17-12-18(22-14-21-17)23-8-6-19(7-9-23)25-10-11-26-19/h2-5,12,14H,6-11,13H2,1H3,(H,20,21,22). The Balaban J connectivity index is 1.39. The van der Waals surface area contributed by atoms with Crippen LogP contribution in [-0.4, -0.2) is 49.2 Å². The number of para-hydroxylation sites is 1. The molecule has 2 aliphatic heterocycles. The predicted molar refractivity (Wildman–Crippen MR) is 98.4 cm³/mol. The van der Waals surface area contributed by atoms with Gasteiger partial charge in [-0.15, -0.1) is 0 Å². The fraction of sp³-hybridized carbons (Fsp3) is 0.474.